The first kappa shape index (κ1) is 17.2. The molecule has 0 bridgehead atoms. The summed E-state index contributed by atoms with van der Waals surface area (Å²) in [4.78, 5) is 22.3. The topological polar surface area (TPSA) is 76.0 Å². The molecule has 0 spiro atoms. The molecule has 0 unspecified atom stereocenters. The predicted molar refractivity (Wildman–Crippen MR) is 111 cm³/mol. The van der Waals surface area contributed by atoms with Gasteiger partial charge in [0.25, 0.3) is 5.56 Å². The summed E-state index contributed by atoms with van der Waals surface area (Å²) in [5, 5.41) is 5.24. The number of aromatic nitrogens is 4. The van der Waals surface area contributed by atoms with E-state index in [0.717, 1.165) is 37.0 Å². The quantitative estimate of drug-likeness (QED) is 0.724. The number of morpholine rings is 1. The first-order valence-corrected chi connectivity index (χ1v) is 10.7. The highest BCUT2D eigenvalue weighted by Crippen LogP contribution is 2.42. The van der Waals surface area contributed by atoms with Gasteiger partial charge in [0, 0.05) is 19.3 Å². The molecular weight excluding hydrogens is 366 g/mol. The summed E-state index contributed by atoms with van der Waals surface area (Å²) in [6, 6.07) is 6.77. The van der Waals surface area contributed by atoms with Crippen molar-refractivity contribution >= 4 is 17.0 Å². The van der Waals surface area contributed by atoms with Gasteiger partial charge in [-0.25, -0.2) is 4.68 Å². The summed E-state index contributed by atoms with van der Waals surface area (Å²) < 4.78 is 7.25. The highest BCUT2D eigenvalue weighted by molar-refractivity contribution is 5.75. The number of H-pyrrole nitrogens is 1. The largest absolute Gasteiger partial charge is 0.378 e. The molecule has 2 saturated carbocycles. The maximum absolute atomic E-state index is 12.7. The fourth-order valence-corrected chi connectivity index (χ4v) is 4.25. The van der Waals surface area contributed by atoms with Crippen molar-refractivity contribution in [1.29, 1.82) is 0 Å². The maximum Gasteiger partial charge on any atom is 0.263 e. The van der Waals surface area contributed by atoms with Gasteiger partial charge in [0.05, 0.1) is 18.9 Å². The Hall–Kier alpha value is -2.67. The lowest BCUT2D eigenvalue weighted by molar-refractivity contribution is 0.122. The van der Waals surface area contributed by atoms with E-state index in [0.29, 0.717) is 30.2 Å². The summed E-state index contributed by atoms with van der Waals surface area (Å²) in [5.41, 5.74) is 4.23. The number of aromatic amines is 1. The number of benzene rings is 1. The van der Waals surface area contributed by atoms with Crippen LogP contribution in [0.15, 0.2) is 29.2 Å². The lowest BCUT2D eigenvalue weighted by atomic mass is 10.0. The number of rotatable bonds is 5. The second-order valence-electron chi connectivity index (χ2n) is 8.61. The fourth-order valence-electron chi connectivity index (χ4n) is 4.25. The van der Waals surface area contributed by atoms with Crippen molar-refractivity contribution in [2.24, 2.45) is 5.92 Å². The van der Waals surface area contributed by atoms with E-state index in [2.05, 4.69) is 28.2 Å². The Morgan fingerprint density at radius 2 is 1.97 bits per heavy atom. The van der Waals surface area contributed by atoms with Gasteiger partial charge in [-0.3, -0.25) is 9.78 Å². The highest BCUT2D eigenvalue weighted by atomic mass is 16.5. The van der Waals surface area contributed by atoms with E-state index >= 15 is 0 Å². The highest BCUT2D eigenvalue weighted by Gasteiger charge is 2.27. The number of nitrogens with one attached hydrogen (secondary N) is 1. The summed E-state index contributed by atoms with van der Waals surface area (Å²) in [6.45, 7) is 2.74. The van der Waals surface area contributed by atoms with Crippen molar-refractivity contribution in [2.45, 2.75) is 38.0 Å². The Bertz CT molecular complexity index is 1120. The molecule has 1 aliphatic heterocycles. The molecule has 3 aliphatic rings. The molecule has 150 valence electrons. The molecule has 2 aromatic heterocycles. The van der Waals surface area contributed by atoms with Crippen LogP contribution in [-0.4, -0.2) is 46.1 Å². The Balaban J connectivity index is 1.41. The molecule has 2 aliphatic carbocycles. The van der Waals surface area contributed by atoms with Crippen molar-refractivity contribution in [2.75, 3.05) is 31.2 Å². The Kier molecular flexibility index (Phi) is 3.97. The molecule has 3 fully saturated rings. The van der Waals surface area contributed by atoms with Gasteiger partial charge in [-0.2, -0.15) is 4.98 Å². The molecular formula is C22H25N5O2. The summed E-state index contributed by atoms with van der Waals surface area (Å²) in [7, 11) is 0. The normalized spacial score (nSPS) is 19.8. The van der Waals surface area contributed by atoms with E-state index in [9.17, 15) is 4.79 Å². The van der Waals surface area contributed by atoms with Crippen LogP contribution < -0.4 is 10.5 Å². The van der Waals surface area contributed by atoms with E-state index < -0.39 is 0 Å². The molecule has 3 heterocycles. The van der Waals surface area contributed by atoms with E-state index in [4.69, 9.17) is 9.84 Å². The molecule has 0 amide bonds. The van der Waals surface area contributed by atoms with Gasteiger partial charge in [-0.05, 0) is 61.1 Å². The molecule has 3 aromatic rings. The van der Waals surface area contributed by atoms with Crippen LogP contribution in [0.3, 0.4) is 0 Å². The van der Waals surface area contributed by atoms with E-state index in [1.54, 1.807) is 0 Å². The van der Waals surface area contributed by atoms with Crippen molar-refractivity contribution < 1.29 is 4.74 Å². The van der Waals surface area contributed by atoms with Crippen LogP contribution in [0.2, 0.25) is 0 Å². The van der Waals surface area contributed by atoms with Crippen LogP contribution in [0.5, 0.6) is 0 Å². The van der Waals surface area contributed by atoms with Crippen LogP contribution in [0.1, 0.15) is 42.7 Å². The van der Waals surface area contributed by atoms with Gasteiger partial charge in [0.15, 0.2) is 5.65 Å². The third kappa shape index (κ3) is 3.33. The van der Waals surface area contributed by atoms with Crippen molar-refractivity contribution in [1.82, 2.24) is 19.7 Å². The minimum atomic E-state index is -0.138. The summed E-state index contributed by atoms with van der Waals surface area (Å²) in [6.07, 6.45) is 8.16. The smallest absolute Gasteiger partial charge is 0.263 e. The minimum Gasteiger partial charge on any atom is -0.378 e. The van der Waals surface area contributed by atoms with Crippen LogP contribution in [0.4, 0.5) is 5.95 Å². The number of hydrogen-bond acceptors (Lipinski definition) is 5. The lowest BCUT2D eigenvalue weighted by Crippen LogP contribution is -2.38. The standard InChI is InChI=1S/C22H25N5O2/c28-21-18-13-27(25-20(18)23-22(24-21)26-7-9-29-10-8-26)19-6-5-16(15-3-4-15)12-17(19)11-14-1-2-14/h5-6,12-15H,1-4,7-11H2,(H,23,24,25,28). The second kappa shape index (κ2) is 6.69. The van der Waals surface area contributed by atoms with E-state index in [-0.39, 0.29) is 5.56 Å². The average molecular weight is 391 g/mol. The monoisotopic (exact) mass is 391 g/mol. The molecule has 29 heavy (non-hydrogen) atoms. The molecule has 6 rings (SSSR count). The number of hydrogen-bond donors (Lipinski definition) is 1. The zero-order chi connectivity index (χ0) is 19.4. The van der Waals surface area contributed by atoms with Crippen LogP contribution >= 0.6 is 0 Å². The first-order valence-electron chi connectivity index (χ1n) is 10.7. The first-order chi connectivity index (χ1) is 14.2. The third-order valence-corrected chi connectivity index (χ3v) is 6.29. The van der Waals surface area contributed by atoms with E-state index in [1.165, 1.54) is 36.8 Å². The zero-order valence-electron chi connectivity index (χ0n) is 16.4. The van der Waals surface area contributed by atoms with Crippen LogP contribution in [0.25, 0.3) is 16.7 Å². The summed E-state index contributed by atoms with van der Waals surface area (Å²) >= 11 is 0. The molecule has 1 aromatic carbocycles. The molecule has 1 N–H and O–H groups in total. The fraction of sp³-hybridized carbons (Fsp3) is 0.500. The van der Waals surface area contributed by atoms with Crippen molar-refractivity contribution in [3.8, 4) is 5.69 Å². The van der Waals surface area contributed by atoms with Gasteiger partial charge in [-0.15, -0.1) is 5.10 Å². The van der Waals surface area contributed by atoms with Gasteiger partial charge in [0.1, 0.15) is 5.39 Å². The lowest BCUT2D eigenvalue weighted by Gasteiger charge is -2.26. The Labute approximate surface area is 168 Å². The maximum atomic E-state index is 12.7. The second-order valence-corrected chi connectivity index (χ2v) is 8.61. The average Bonchev–Trinajstić information content (AvgIpc) is 3.67. The molecule has 0 radical (unpaired) electrons. The summed E-state index contributed by atoms with van der Waals surface area (Å²) in [5.74, 6) is 2.11. The van der Waals surface area contributed by atoms with Crippen molar-refractivity contribution in [3.05, 3.63) is 45.9 Å². The van der Waals surface area contributed by atoms with Crippen LogP contribution in [0, 0.1) is 5.92 Å². The van der Waals surface area contributed by atoms with E-state index in [1.807, 2.05) is 15.8 Å². The SMILES string of the molecule is O=c1[nH]c(N2CCOCC2)nc2nn(-c3ccc(C4CC4)cc3CC3CC3)cc12. The van der Waals surface area contributed by atoms with Gasteiger partial charge < -0.3 is 9.64 Å². The molecule has 7 heteroatoms. The Morgan fingerprint density at radius 3 is 2.72 bits per heavy atom. The molecule has 0 atom stereocenters. The number of anilines is 1. The van der Waals surface area contributed by atoms with Gasteiger partial charge in [0.2, 0.25) is 5.95 Å². The number of ether oxygens (including phenoxy) is 1. The molecule has 1 saturated heterocycles. The van der Waals surface area contributed by atoms with Crippen molar-refractivity contribution in [3.63, 3.8) is 0 Å². The number of fused-ring (bicyclic) bond motifs is 1. The predicted octanol–water partition coefficient (Wildman–Crippen LogP) is 2.78. The van der Waals surface area contributed by atoms with Gasteiger partial charge >= 0.3 is 0 Å². The number of nitrogens with zero attached hydrogens (tertiary/aromatic N) is 4. The third-order valence-electron chi connectivity index (χ3n) is 6.29. The Morgan fingerprint density at radius 1 is 1.14 bits per heavy atom. The van der Waals surface area contributed by atoms with Gasteiger partial charge in [-0.1, -0.05) is 12.1 Å². The molecule has 7 nitrogen and oxygen atoms in total. The van der Waals surface area contributed by atoms with Crippen LogP contribution in [-0.2, 0) is 11.2 Å². The minimum absolute atomic E-state index is 0.138. The zero-order valence-corrected chi connectivity index (χ0v) is 16.4.